The second kappa shape index (κ2) is 29.8. The number of nitrogens with zero attached hydrogens (tertiary/aromatic N) is 4. The van der Waals surface area contributed by atoms with Gasteiger partial charge < -0.3 is 0 Å². The summed E-state index contributed by atoms with van der Waals surface area (Å²) in [5.41, 5.74) is 25.8. The van der Waals surface area contributed by atoms with Crippen molar-refractivity contribution in [2.24, 2.45) is 34.1 Å². The van der Waals surface area contributed by atoms with Gasteiger partial charge in [0.15, 0.2) is 24.8 Å². The van der Waals surface area contributed by atoms with E-state index in [4.69, 9.17) is 15.1 Å². The van der Waals surface area contributed by atoms with Crippen molar-refractivity contribution in [1.82, 2.24) is 0 Å². The van der Waals surface area contributed by atoms with Crippen LogP contribution in [0.5, 0.6) is 0 Å². The Kier molecular flexibility index (Phi) is 16.9. The molecule has 12 rings (SSSR count). The first-order chi connectivity index (χ1) is 47.2. The molecule has 12 aromatic rings. The summed E-state index contributed by atoms with van der Waals surface area (Å²) in [5.74, 6) is -3.11. The molecule has 2 unspecified atom stereocenters. The van der Waals surface area contributed by atoms with Gasteiger partial charge >= 0.3 is 0 Å². The molecule has 0 N–H and O–H groups in total. The molecule has 4 aromatic heterocycles. The minimum atomic E-state index is -2.36. The van der Waals surface area contributed by atoms with Crippen LogP contribution in [0.1, 0.15) is 93.0 Å². The first kappa shape index (κ1) is 50.4. The number of aryl methyl sites for hydroxylation is 10. The van der Waals surface area contributed by atoms with E-state index in [9.17, 15) is 0 Å². The summed E-state index contributed by atoms with van der Waals surface area (Å²) < 4.78 is 93.5. The molecule has 4 heterocycles. The summed E-state index contributed by atoms with van der Waals surface area (Å²) in [6.45, 7) is 6.70. The van der Waals surface area contributed by atoms with Gasteiger partial charge in [0.1, 0.15) is 28.2 Å². The van der Waals surface area contributed by atoms with Crippen LogP contribution in [-0.4, -0.2) is 0 Å². The summed E-state index contributed by atoms with van der Waals surface area (Å²) in [6.07, 6.45) is 8.49. The summed E-state index contributed by atoms with van der Waals surface area (Å²) in [5, 5.41) is 0. The Balaban J connectivity index is 0.000000156. The van der Waals surface area contributed by atoms with Gasteiger partial charge in [0, 0.05) is 84.9 Å². The van der Waals surface area contributed by atoms with Crippen molar-refractivity contribution in [2.45, 2.75) is 81.3 Å². The van der Waals surface area contributed by atoms with E-state index in [0.29, 0.717) is 11.1 Å². The molecule has 0 bridgehead atoms. The normalized spacial score (nSPS) is 14.4. The van der Waals surface area contributed by atoms with E-state index in [0.717, 1.165) is 61.6 Å². The molecule has 0 aliphatic rings. The smallest absolute Gasteiger partial charge is 0.201 e. The highest BCUT2D eigenvalue weighted by atomic mass is 14.9. The van der Waals surface area contributed by atoms with Crippen molar-refractivity contribution >= 4 is 0 Å². The lowest BCUT2D eigenvalue weighted by molar-refractivity contribution is -0.660. The van der Waals surface area contributed by atoms with E-state index < -0.39 is 32.3 Å². The first-order valence-electron chi connectivity index (χ1n) is 35.8. The van der Waals surface area contributed by atoms with Crippen LogP contribution in [-0.2, 0) is 34.6 Å². The van der Waals surface area contributed by atoms with E-state index >= 15 is 0 Å². The molecular weight excluding hydrogens is 1080 g/mol. The second-order valence-corrected chi connectivity index (χ2v) is 23.2. The van der Waals surface area contributed by atoms with Crippen LogP contribution >= 0.6 is 0 Å². The molecule has 0 saturated heterocycles. The zero-order chi connectivity index (χ0) is 72.5. The van der Waals surface area contributed by atoms with Crippen LogP contribution in [0, 0.1) is 47.4 Å². The monoisotopic (exact) mass is 1180 g/mol. The quantitative estimate of drug-likeness (QED) is 0.115. The average Bonchev–Trinajstić information content (AvgIpc) is 0.795. The highest BCUT2D eigenvalue weighted by Crippen LogP contribution is 2.31. The van der Waals surface area contributed by atoms with E-state index in [1.165, 1.54) is 75.2 Å². The Morgan fingerprint density at radius 3 is 1.18 bits per heavy atom. The lowest BCUT2D eigenvalue weighted by atomic mass is 9.98. The van der Waals surface area contributed by atoms with Crippen molar-refractivity contribution in [3.05, 3.63) is 312 Å². The number of hydrogen-bond acceptors (Lipinski definition) is 0. The standard InChI is InChI=1S/C23H26N.C22H24N.2C20H20N/c1-17(2)15-19-9-11-20(12-10-19)21-13-14-23(24(4)16-21)22-8-6-5-7-18(22)3;1-16(2)18-9-11-19(12-10-18)20-13-14-22(23(4)15-20)21-8-6-5-7-17(21)3;1-15-8-4-6-10-18(15)17-12-13-21(3)20(14-17)19-11-7-5-9-16(19)2;1-15-7-6-9-17(13-15)18-11-12-21(3)20(14-18)19-10-5-4-8-16(19)2/h5-14,16-17H,15H2,1-4H3;5-16H,1-4H3;2*4-14H,1-3H3/q4*+1/i1D3,17D;1D3,16D;1D3;. The van der Waals surface area contributed by atoms with Crippen LogP contribution in [0.15, 0.2) is 267 Å². The number of hydrogen-bond donors (Lipinski definition) is 0. The molecule has 0 aliphatic carbocycles. The zero-order valence-corrected chi connectivity index (χ0v) is 53.4. The summed E-state index contributed by atoms with van der Waals surface area (Å²) >= 11 is 0. The van der Waals surface area contributed by atoms with Crippen LogP contribution in [0.25, 0.3) is 89.5 Å². The topological polar surface area (TPSA) is 15.5 Å². The van der Waals surface area contributed by atoms with E-state index in [-0.39, 0.29) is 6.42 Å². The fraction of sp³-hybridized carbons (Fsp3) is 0.200. The molecule has 0 amide bonds. The molecule has 0 aliphatic heterocycles. The van der Waals surface area contributed by atoms with Crippen molar-refractivity contribution in [2.75, 3.05) is 0 Å². The van der Waals surface area contributed by atoms with E-state index in [1.807, 2.05) is 118 Å². The predicted molar refractivity (Wildman–Crippen MR) is 375 cm³/mol. The lowest BCUT2D eigenvalue weighted by Gasteiger charge is -2.08. The minimum Gasteiger partial charge on any atom is -0.201 e. The molecule has 0 saturated carbocycles. The largest absolute Gasteiger partial charge is 0.213 e. The predicted octanol–water partition coefficient (Wildman–Crippen LogP) is 19.6. The van der Waals surface area contributed by atoms with Crippen LogP contribution in [0.2, 0.25) is 0 Å². The molecule has 0 spiro atoms. The van der Waals surface area contributed by atoms with Gasteiger partial charge in [-0.3, -0.25) is 0 Å². The second-order valence-electron chi connectivity index (χ2n) is 23.2. The zero-order valence-electron chi connectivity index (χ0n) is 64.4. The fourth-order valence-electron chi connectivity index (χ4n) is 11.2. The maximum atomic E-state index is 8.20. The Morgan fingerprint density at radius 1 is 0.337 bits per heavy atom. The van der Waals surface area contributed by atoms with E-state index in [2.05, 4.69) is 206 Å². The molecular formula is C85H90N4+4. The van der Waals surface area contributed by atoms with Crippen molar-refractivity contribution in [3.63, 3.8) is 0 Å². The number of pyridine rings is 4. The molecule has 0 fully saturated rings. The van der Waals surface area contributed by atoms with Gasteiger partial charge in [-0.25, -0.2) is 18.3 Å². The van der Waals surface area contributed by atoms with Crippen molar-refractivity contribution < 1.29 is 33.3 Å². The van der Waals surface area contributed by atoms with Gasteiger partial charge in [-0.1, -0.05) is 203 Å². The number of rotatable bonds is 11. The van der Waals surface area contributed by atoms with Crippen LogP contribution in [0.4, 0.5) is 0 Å². The van der Waals surface area contributed by atoms with Gasteiger partial charge in [0.25, 0.3) is 0 Å². The van der Waals surface area contributed by atoms with Gasteiger partial charge in [-0.05, 0) is 168 Å². The van der Waals surface area contributed by atoms with Crippen molar-refractivity contribution in [1.29, 1.82) is 0 Å². The van der Waals surface area contributed by atoms with Gasteiger partial charge in [-0.15, -0.1) is 0 Å². The molecule has 4 nitrogen and oxygen atoms in total. The first-order valence-corrected chi connectivity index (χ1v) is 30.3. The Hall–Kier alpha value is -9.64. The van der Waals surface area contributed by atoms with Gasteiger partial charge in [0.05, 0.1) is 0 Å². The molecule has 4 heteroatoms. The molecule has 8 aromatic carbocycles. The minimum absolute atomic E-state index is 0.198. The summed E-state index contributed by atoms with van der Waals surface area (Å²) in [4.78, 5) is 0. The third kappa shape index (κ3) is 16.3. The SMILES string of the molecule is Cc1cccc(-c2cc[n+](C)c(-c3ccccc3C)c2)c1.[2H]C([2H])([2H])C([2H])(C)Cc1ccc(-c2ccc(-c3ccccc3C)[n+](C)c2)cc1.[2H]C([2H])([2H])C([2H])(C)c1ccc(-c2ccc(-c3ccccc3C)[n+](C)c2)cc1.[2H]C([2H])([2H])c1ccccc1-c1cc[n+](C)c(-c2ccccc2C)c1. The van der Waals surface area contributed by atoms with Crippen molar-refractivity contribution in [3.8, 4) is 89.5 Å². The molecule has 0 radical (unpaired) electrons. The Bertz CT molecular complexity index is 4820. The van der Waals surface area contributed by atoms with Crippen LogP contribution < -0.4 is 18.3 Å². The Labute approximate surface area is 547 Å². The summed E-state index contributed by atoms with van der Waals surface area (Å²) in [6, 6.07) is 81.2. The lowest BCUT2D eigenvalue weighted by Crippen LogP contribution is -2.30. The highest BCUT2D eigenvalue weighted by Gasteiger charge is 2.18. The molecule has 2 atom stereocenters. The van der Waals surface area contributed by atoms with E-state index in [1.54, 1.807) is 24.3 Å². The number of aromatic nitrogens is 4. The summed E-state index contributed by atoms with van der Waals surface area (Å²) in [7, 11) is 8.17. The number of benzene rings is 8. The Morgan fingerprint density at radius 2 is 0.742 bits per heavy atom. The molecule has 446 valence electrons. The fourth-order valence-corrected chi connectivity index (χ4v) is 11.2. The highest BCUT2D eigenvalue weighted by molar-refractivity contribution is 5.74. The van der Waals surface area contributed by atoms with Gasteiger partial charge in [-0.2, -0.15) is 0 Å². The maximum absolute atomic E-state index is 8.20. The third-order valence-electron chi connectivity index (χ3n) is 16.2. The third-order valence-corrected chi connectivity index (χ3v) is 16.2. The maximum Gasteiger partial charge on any atom is 0.213 e. The average molecular weight is 1180 g/mol. The van der Waals surface area contributed by atoms with Crippen LogP contribution in [0.3, 0.4) is 0 Å². The molecule has 89 heavy (non-hydrogen) atoms. The van der Waals surface area contributed by atoms with Gasteiger partial charge in [0.2, 0.25) is 22.8 Å².